The van der Waals surface area contributed by atoms with Gasteiger partial charge in [-0.15, -0.1) is 0 Å². The number of nitrogens with one attached hydrogen (secondary N) is 1. The van der Waals surface area contributed by atoms with E-state index in [-0.39, 0.29) is 11.9 Å². The molecule has 1 N–H and O–H groups in total. The number of carbonyl (C=O) groups excluding carboxylic acids is 1. The Bertz CT molecular complexity index is 783. The van der Waals surface area contributed by atoms with Crippen LogP contribution in [0.25, 0.3) is 5.82 Å². The van der Waals surface area contributed by atoms with E-state index in [0.29, 0.717) is 17.9 Å². The minimum Gasteiger partial charge on any atom is -0.468 e. The molecule has 8 nitrogen and oxygen atoms in total. The van der Waals surface area contributed by atoms with E-state index in [4.69, 9.17) is 4.42 Å². The lowest BCUT2D eigenvalue weighted by atomic mass is 10.2. The summed E-state index contributed by atoms with van der Waals surface area (Å²) >= 11 is 0. The van der Waals surface area contributed by atoms with Crippen LogP contribution in [-0.4, -0.2) is 51.2 Å². The lowest BCUT2D eigenvalue weighted by molar-refractivity contribution is 0.0939. The molecule has 0 spiro atoms. The second-order valence-corrected chi connectivity index (χ2v) is 5.45. The highest BCUT2D eigenvalue weighted by molar-refractivity contribution is 5.94. The number of carbonyl (C=O) groups is 1. The molecule has 1 atom stereocenters. The van der Waals surface area contributed by atoms with Gasteiger partial charge in [0, 0.05) is 18.3 Å². The van der Waals surface area contributed by atoms with Crippen molar-refractivity contribution in [1.29, 1.82) is 0 Å². The molecule has 8 heteroatoms. The van der Waals surface area contributed by atoms with Crippen LogP contribution in [-0.2, 0) is 0 Å². The third kappa shape index (κ3) is 3.49. The Hall–Kier alpha value is -3.00. The molecule has 24 heavy (non-hydrogen) atoms. The summed E-state index contributed by atoms with van der Waals surface area (Å²) in [6.45, 7) is 0.431. The number of amides is 1. The molecule has 0 bridgehead atoms. The van der Waals surface area contributed by atoms with E-state index in [0.717, 1.165) is 5.76 Å². The fraction of sp³-hybridized carbons (Fsp3) is 0.250. The zero-order valence-electron chi connectivity index (χ0n) is 13.5. The van der Waals surface area contributed by atoms with Crippen molar-refractivity contribution in [3.05, 3.63) is 60.7 Å². The van der Waals surface area contributed by atoms with Gasteiger partial charge >= 0.3 is 0 Å². The van der Waals surface area contributed by atoms with Gasteiger partial charge in [-0.2, -0.15) is 5.10 Å². The SMILES string of the molecule is CN(C)[C@@H](CNC(=O)c1ccnc(-n2cncn2)c1)c1ccco1. The standard InChI is InChI=1S/C16H18N6O2/c1-21(2)13(14-4-3-7-24-14)9-19-16(23)12-5-6-18-15(8-12)22-11-17-10-20-22/h3-8,10-11,13H,9H2,1-2H3,(H,19,23)/t13-/m0/s1. The van der Waals surface area contributed by atoms with Crippen molar-refractivity contribution >= 4 is 5.91 Å². The first-order valence-electron chi connectivity index (χ1n) is 7.44. The summed E-state index contributed by atoms with van der Waals surface area (Å²) in [5.41, 5.74) is 0.507. The van der Waals surface area contributed by atoms with Gasteiger partial charge in [0.15, 0.2) is 5.82 Å². The van der Waals surface area contributed by atoms with Crippen molar-refractivity contribution in [2.24, 2.45) is 0 Å². The van der Waals surface area contributed by atoms with Gasteiger partial charge in [0.2, 0.25) is 0 Å². The molecule has 0 aliphatic carbocycles. The minimum absolute atomic E-state index is 0.0411. The maximum atomic E-state index is 12.4. The summed E-state index contributed by atoms with van der Waals surface area (Å²) in [6.07, 6.45) is 6.14. The van der Waals surface area contributed by atoms with Crippen LogP contribution >= 0.6 is 0 Å². The van der Waals surface area contributed by atoms with Crippen LogP contribution in [0.2, 0.25) is 0 Å². The van der Waals surface area contributed by atoms with Gasteiger partial charge < -0.3 is 9.73 Å². The Balaban J connectivity index is 1.70. The van der Waals surface area contributed by atoms with E-state index < -0.39 is 0 Å². The maximum absolute atomic E-state index is 12.4. The number of nitrogens with zero attached hydrogens (tertiary/aromatic N) is 5. The molecule has 3 aromatic rings. The van der Waals surface area contributed by atoms with E-state index in [1.165, 1.54) is 17.3 Å². The minimum atomic E-state index is -0.183. The van der Waals surface area contributed by atoms with Crippen LogP contribution < -0.4 is 5.32 Å². The van der Waals surface area contributed by atoms with Gasteiger partial charge in [0.1, 0.15) is 18.4 Å². The molecular weight excluding hydrogens is 308 g/mol. The molecule has 1 amide bonds. The number of pyridine rings is 1. The summed E-state index contributed by atoms with van der Waals surface area (Å²) < 4.78 is 6.94. The fourth-order valence-corrected chi connectivity index (χ4v) is 2.32. The molecule has 124 valence electrons. The zero-order valence-corrected chi connectivity index (χ0v) is 13.5. The summed E-state index contributed by atoms with van der Waals surface area (Å²) in [5.74, 6) is 1.16. The number of hydrogen-bond donors (Lipinski definition) is 1. The lowest BCUT2D eigenvalue weighted by Gasteiger charge is -2.22. The van der Waals surface area contributed by atoms with Gasteiger partial charge in [0.25, 0.3) is 5.91 Å². The number of likely N-dealkylation sites (N-methyl/N-ethyl adjacent to an activating group) is 1. The molecule has 0 aromatic carbocycles. The monoisotopic (exact) mass is 326 g/mol. The Labute approximate surface area is 139 Å². The van der Waals surface area contributed by atoms with Crippen LogP contribution in [0.3, 0.4) is 0 Å². The molecule has 0 saturated carbocycles. The van der Waals surface area contributed by atoms with Crippen molar-refractivity contribution in [3.8, 4) is 5.82 Å². The molecule has 0 fully saturated rings. The molecule has 0 aliphatic heterocycles. The van der Waals surface area contributed by atoms with E-state index in [9.17, 15) is 4.79 Å². The van der Waals surface area contributed by atoms with Crippen molar-refractivity contribution in [1.82, 2.24) is 30.0 Å². The fourth-order valence-electron chi connectivity index (χ4n) is 2.32. The van der Waals surface area contributed by atoms with Gasteiger partial charge in [-0.25, -0.2) is 14.6 Å². The molecular formula is C16H18N6O2. The molecule has 3 aromatic heterocycles. The van der Waals surface area contributed by atoms with Crippen molar-refractivity contribution in [2.45, 2.75) is 6.04 Å². The number of rotatable bonds is 6. The quantitative estimate of drug-likeness (QED) is 0.734. The first kappa shape index (κ1) is 15.9. The highest BCUT2D eigenvalue weighted by Gasteiger charge is 2.18. The Morgan fingerprint density at radius 3 is 2.96 bits per heavy atom. The first-order chi connectivity index (χ1) is 11.6. The number of hydrogen-bond acceptors (Lipinski definition) is 6. The van der Waals surface area contributed by atoms with Crippen molar-refractivity contribution in [2.75, 3.05) is 20.6 Å². The molecule has 3 rings (SSSR count). The van der Waals surface area contributed by atoms with Crippen LogP contribution in [0.15, 0.2) is 53.8 Å². The summed E-state index contributed by atoms with van der Waals surface area (Å²) in [6, 6.07) is 7.02. The van der Waals surface area contributed by atoms with Crippen molar-refractivity contribution < 1.29 is 9.21 Å². The number of furan rings is 1. The molecule has 0 saturated heterocycles. The third-order valence-electron chi connectivity index (χ3n) is 3.61. The first-order valence-corrected chi connectivity index (χ1v) is 7.44. The average Bonchev–Trinajstić information content (AvgIpc) is 3.28. The Morgan fingerprint density at radius 1 is 1.42 bits per heavy atom. The predicted molar refractivity (Wildman–Crippen MR) is 86.6 cm³/mol. The molecule has 0 radical (unpaired) electrons. The van der Waals surface area contributed by atoms with Crippen LogP contribution in [0, 0.1) is 0 Å². The van der Waals surface area contributed by atoms with Crippen LogP contribution in [0.4, 0.5) is 0 Å². The second-order valence-electron chi connectivity index (χ2n) is 5.45. The summed E-state index contributed by atoms with van der Waals surface area (Å²) in [7, 11) is 3.88. The highest BCUT2D eigenvalue weighted by atomic mass is 16.3. The van der Waals surface area contributed by atoms with Crippen LogP contribution in [0.5, 0.6) is 0 Å². The Kier molecular flexibility index (Phi) is 4.66. The topological polar surface area (TPSA) is 89.1 Å². The predicted octanol–water partition coefficient (Wildman–Crippen LogP) is 1.29. The highest BCUT2D eigenvalue weighted by Crippen LogP contribution is 2.17. The van der Waals surface area contributed by atoms with Crippen molar-refractivity contribution in [3.63, 3.8) is 0 Å². The van der Waals surface area contributed by atoms with Gasteiger partial charge in [-0.3, -0.25) is 9.69 Å². The van der Waals surface area contributed by atoms with Gasteiger partial charge in [-0.1, -0.05) is 0 Å². The lowest BCUT2D eigenvalue weighted by Crippen LogP contribution is -2.34. The third-order valence-corrected chi connectivity index (χ3v) is 3.61. The summed E-state index contributed by atoms with van der Waals surface area (Å²) in [5, 5.41) is 6.94. The van der Waals surface area contributed by atoms with Crippen LogP contribution in [0.1, 0.15) is 22.2 Å². The van der Waals surface area contributed by atoms with Gasteiger partial charge in [0.05, 0.1) is 12.3 Å². The maximum Gasteiger partial charge on any atom is 0.251 e. The molecule has 3 heterocycles. The normalized spacial score (nSPS) is 12.3. The van der Waals surface area contributed by atoms with E-state index in [2.05, 4.69) is 20.4 Å². The zero-order chi connectivity index (χ0) is 16.9. The molecule has 0 unspecified atom stereocenters. The summed E-state index contributed by atoms with van der Waals surface area (Å²) in [4.78, 5) is 22.5. The van der Waals surface area contributed by atoms with E-state index in [1.807, 2.05) is 31.1 Å². The smallest absolute Gasteiger partial charge is 0.251 e. The Morgan fingerprint density at radius 2 is 2.29 bits per heavy atom. The largest absolute Gasteiger partial charge is 0.468 e. The second kappa shape index (κ2) is 7.05. The van der Waals surface area contributed by atoms with Gasteiger partial charge in [-0.05, 0) is 38.4 Å². The number of aromatic nitrogens is 4. The van der Waals surface area contributed by atoms with E-state index in [1.54, 1.807) is 24.6 Å². The van der Waals surface area contributed by atoms with E-state index >= 15 is 0 Å². The average molecular weight is 326 g/mol. The molecule has 0 aliphatic rings.